The van der Waals surface area contributed by atoms with Gasteiger partial charge < -0.3 is 14.6 Å². The average molecular weight is 377 g/mol. The molecule has 0 saturated heterocycles. The van der Waals surface area contributed by atoms with Gasteiger partial charge in [0.25, 0.3) is 0 Å². The van der Waals surface area contributed by atoms with Gasteiger partial charge in [-0.25, -0.2) is 4.79 Å². The second-order valence-corrected chi connectivity index (χ2v) is 6.34. The largest absolute Gasteiger partial charge is 0.383 e. The van der Waals surface area contributed by atoms with E-state index in [1.54, 1.807) is 14.0 Å². The summed E-state index contributed by atoms with van der Waals surface area (Å²) in [6.45, 7) is 3.34. The minimum atomic E-state index is -0.497. The summed E-state index contributed by atoms with van der Waals surface area (Å²) in [4.78, 5) is 23.2. The van der Waals surface area contributed by atoms with Gasteiger partial charge in [-0.1, -0.05) is 42.1 Å². The third-order valence-electron chi connectivity index (χ3n) is 3.44. The highest BCUT2D eigenvalue weighted by Crippen LogP contribution is 2.18. The SMILES string of the molecule is CCNC(=O)NC(=O)CSc1nnc(Cc2ccccc2)n1CCOC. The molecule has 0 aliphatic heterocycles. The van der Waals surface area contributed by atoms with Gasteiger partial charge in [-0.05, 0) is 12.5 Å². The first kappa shape index (κ1) is 19.9. The lowest BCUT2D eigenvalue weighted by Crippen LogP contribution is -2.40. The van der Waals surface area contributed by atoms with Crippen LogP contribution in [0.2, 0.25) is 0 Å². The molecular formula is C17H23N5O3S. The standard InChI is InChI=1S/C17H23N5O3S/c1-3-18-16(24)19-15(23)12-26-17-21-20-14(22(17)9-10-25-2)11-13-7-5-4-6-8-13/h4-8H,3,9-12H2,1-2H3,(H2,18,19,23,24). The lowest BCUT2D eigenvalue weighted by molar-refractivity contribution is -0.117. The van der Waals surface area contributed by atoms with Crippen molar-refractivity contribution >= 4 is 23.7 Å². The van der Waals surface area contributed by atoms with Crippen LogP contribution >= 0.6 is 11.8 Å². The molecule has 0 aliphatic carbocycles. The summed E-state index contributed by atoms with van der Waals surface area (Å²) in [7, 11) is 1.63. The molecule has 0 fully saturated rings. The minimum Gasteiger partial charge on any atom is -0.383 e. The number of hydrogen-bond donors (Lipinski definition) is 2. The maximum atomic E-state index is 11.8. The van der Waals surface area contributed by atoms with Crippen LogP contribution in [-0.2, 0) is 22.5 Å². The molecule has 0 atom stereocenters. The van der Waals surface area contributed by atoms with Crippen molar-refractivity contribution in [2.24, 2.45) is 0 Å². The lowest BCUT2D eigenvalue weighted by atomic mass is 10.1. The van der Waals surface area contributed by atoms with Gasteiger partial charge in [-0.2, -0.15) is 0 Å². The first-order chi connectivity index (χ1) is 12.6. The number of urea groups is 1. The fraction of sp³-hybridized carbons (Fsp3) is 0.412. The maximum Gasteiger partial charge on any atom is 0.321 e. The van der Waals surface area contributed by atoms with Crippen LogP contribution in [0.1, 0.15) is 18.3 Å². The fourth-order valence-corrected chi connectivity index (χ4v) is 3.02. The van der Waals surface area contributed by atoms with Gasteiger partial charge in [0.1, 0.15) is 5.82 Å². The predicted octanol–water partition coefficient (Wildman–Crippen LogP) is 1.45. The topological polar surface area (TPSA) is 98.1 Å². The number of nitrogens with zero attached hydrogens (tertiary/aromatic N) is 3. The van der Waals surface area contributed by atoms with Crippen LogP contribution in [-0.4, -0.2) is 52.7 Å². The Hall–Kier alpha value is -2.39. The van der Waals surface area contributed by atoms with E-state index in [-0.39, 0.29) is 11.7 Å². The second kappa shape index (κ2) is 10.6. The maximum absolute atomic E-state index is 11.8. The summed E-state index contributed by atoms with van der Waals surface area (Å²) in [5, 5.41) is 13.9. The number of rotatable bonds is 9. The molecule has 2 aromatic rings. The van der Waals surface area contributed by atoms with Crippen LogP contribution in [0, 0.1) is 0 Å². The van der Waals surface area contributed by atoms with Gasteiger partial charge in [-0.15, -0.1) is 10.2 Å². The van der Waals surface area contributed by atoms with Crippen molar-refractivity contribution in [3.63, 3.8) is 0 Å². The molecule has 1 aromatic carbocycles. The molecular weight excluding hydrogens is 354 g/mol. The number of thioether (sulfide) groups is 1. The number of hydrogen-bond acceptors (Lipinski definition) is 6. The number of carbonyl (C=O) groups is 2. The summed E-state index contributed by atoms with van der Waals surface area (Å²) < 4.78 is 7.11. The van der Waals surface area contributed by atoms with Crippen molar-refractivity contribution in [2.75, 3.05) is 26.0 Å². The van der Waals surface area contributed by atoms with Crippen molar-refractivity contribution in [1.82, 2.24) is 25.4 Å². The lowest BCUT2D eigenvalue weighted by Gasteiger charge is -2.10. The minimum absolute atomic E-state index is 0.0770. The number of benzene rings is 1. The Bertz CT molecular complexity index is 720. The Balaban J connectivity index is 2.03. The molecule has 0 bridgehead atoms. The molecule has 3 amide bonds. The molecule has 0 unspecified atom stereocenters. The van der Waals surface area contributed by atoms with E-state index in [4.69, 9.17) is 4.74 Å². The number of imide groups is 1. The molecule has 0 aliphatic rings. The van der Waals surface area contributed by atoms with E-state index in [0.29, 0.717) is 31.3 Å². The van der Waals surface area contributed by atoms with Crippen molar-refractivity contribution < 1.29 is 14.3 Å². The van der Waals surface area contributed by atoms with Gasteiger partial charge in [0.05, 0.1) is 12.4 Å². The van der Waals surface area contributed by atoms with E-state index in [1.165, 1.54) is 11.8 Å². The molecule has 9 heteroatoms. The molecule has 8 nitrogen and oxygen atoms in total. The summed E-state index contributed by atoms with van der Waals surface area (Å²) in [5.41, 5.74) is 1.13. The third kappa shape index (κ3) is 6.16. The van der Waals surface area contributed by atoms with Gasteiger partial charge in [0.2, 0.25) is 5.91 Å². The smallest absolute Gasteiger partial charge is 0.321 e. The highest BCUT2D eigenvalue weighted by Gasteiger charge is 2.15. The molecule has 0 radical (unpaired) electrons. The number of nitrogens with one attached hydrogen (secondary N) is 2. The summed E-state index contributed by atoms with van der Waals surface area (Å²) in [6, 6.07) is 9.49. The van der Waals surface area contributed by atoms with Crippen molar-refractivity contribution in [3.8, 4) is 0 Å². The first-order valence-corrected chi connectivity index (χ1v) is 9.28. The average Bonchev–Trinajstić information content (AvgIpc) is 3.00. The van der Waals surface area contributed by atoms with E-state index in [9.17, 15) is 9.59 Å². The monoisotopic (exact) mass is 377 g/mol. The number of amides is 3. The van der Waals surface area contributed by atoms with Crippen molar-refractivity contribution in [3.05, 3.63) is 41.7 Å². The quantitative estimate of drug-likeness (QED) is 0.642. The third-order valence-corrected chi connectivity index (χ3v) is 4.41. The van der Waals surface area contributed by atoms with Gasteiger partial charge >= 0.3 is 6.03 Å². The van der Waals surface area contributed by atoms with Gasteiger partial charge in [-0.3, -0.25) is 10.1 Å². The zero-order chi connectivity index (χ0) is 18.8. The van der Waals surface area contributed by atoms with Gasteiger partial charge in [0.15, 0.2) is 5.16 Å². The van der Waals surface area contributed by atoms with E-state index in [0.717, 1.165) is 11.4 Å². The summed E-state index contributed by atoms with van der Waals surface area (Å²) in [5.74, 6) is 0.500. The van der Waals surface area contributed by atoms with Crippen LogP contribution < -0.4 is 10.6 Å². The van der Waals surface area contributed by atoms with Crippen LogP contribution in [0.4, 0.5) is 4.79 Å². The molecule has 26 heavy (non-hydrogen) atoms. The number of carbonyl (C=O) groups excluding carboxylic acids is 2. The highest BCUT2D eigenvalue weighted by molar-refractivity contribution is 7.99. The number of methoxy groups -OCH3 is 1. The molecule has 140 valence electrons. The second-order valence-electron chi connectivity index (χ2n) is 5.40. The number of aromatic nitrogens is 3. The van der Waals surface area contributed by atoms with Crippen molar-refractivity contribution in [1.29, 1.82) is 0 Å². The Morgan fingerprint density at radius 3 is 2.69 bits per heavy atom. The molecule has 0 spiro atoms. The van der Waals surface area contributed by atoms with Crippen LogP contribution in [0.3, 0.4) is 0 Å². The van der Waals surface area contributed by atoms with Crippen LogP contribution in [0.5, 0.6) is 0 Å². The van der Waals surface area contributed by atoms with E-state index >= 15 is 0 Å². The number of ether oxygens (including phenoxy) is 1. The molecule has 0 saturated carbocycles. The summed E-state index contributed by atoms with van der Waals surface area (Å²) in [6.07, 6.45) is 0.642. The Morgan fingerprint density at radius 1 is 1.23 bits per heavy atom. The van der Waals surface area contributed by atoms with Gasteiger partial charge in [0, 0.05) is 26.6 Å². The van der Waals surface area contributed by atoms with Crippen molar-refractivity contribution in [2.45, 2.75) is 25.0 Å². The Kier molecular flexibility index (Phi) is 8.10. The van der Waals surface area contributed by atoms with Crippen LogP contribution in [0.25, 0.3) is 0 Å². The van der Waals surface area contributed by atoms with Crippen LogP contribution in [0.15, 0.2) is 35.5 Å². The predicted molar refractivity (Wildman–Crippen MR) is 99.1 cm³/mol. The normalized spacial score (nSPS) is 10.5. The van der Waals surface area contributed by atoms with E-state index in [1.807, 2.05) is 34.9 Å². The fourth-order valence-electron chi connectivity index (χ4n) is 2.24. The zero-order valence-electron chi connectivity index (χ0n) is 14.9. The molecule has 1 aromatic heterocycles. The van der Waals surface area contributed by atoms with E-state index < -0.39 is 6.03 Å². The Morgan fingerprint density at radius 2 is 2.00 bits per heavy atom. The zero-order valence-corrected chi connectivity index (χ0v) is 15.7. The molecule has 2 N–H and O–H groups in total. The summed E-state index contributed by atoms with van der Waals surface area (Å²) >= 11 is 1.24. The first-order valence-electron chi connectivity index (χ1n) is 8.29. The Labute approximate surface area is 156 Å². The molecule has 1 heterocycles. The van der Waals surface area contributed by atoms with E-state index in [2.05, 4.69) is 20.8 Å². The highest BCUT2D eigenvalue weighted by atomic mass is 32.2. The molecule has 2 rings (SSSR count).